The molecule has 1 atom stereocenters. The number of rotatable bonds is 4. The van der Waals surface area contributed by atoms with Gasteiger partial charge in [-0.05, 0) is 30.3 Å². The van der Waals surface area contributed by atoms with Gasteiger partial charge in [0.25, 0.3) is 0 Å². The molecule has 0 unspecified atom stereocenters. The highest BCUT2D eigenvalue weighted by Gasteiger charge is 2.35. The lowest BCUT2D eigenvalue weighted by Gasteiger charge is -2.17. The molecule has 2 aromatic carbocycles. The highest BCUT2D eigenvalue weighted by atomic mass is 35.5. The van der Waals surface area contributed by atoms with Crippen LogP contribution in [0.25, 0.3) is 0 Å². The normalized spacial score (nSPS) is 17.0. The van der Waals surface area contributed by atoms with Crippen molar-refractivity contribution in [1.82, 2.24) is 0 Å². The summed E-state index contributed by atoms with van der Waals surface area (Å²) in [5.41, 5.74) is 1.30. The van der Waals surface area contributed by atoms with E-state index in [1.165, 1.54) is 0 Å². The van der Waals surface area contributed by atoms with Crippen molar-refractivity contribution in [3.8, 4) is 5.75 Å². The van der Waals surface area contributed by atoms with Crippen molar-refractivity contribution in [1.29, 1.82) is 0 Å². The van der Waals surface area contributed by atoms with E-state index < -0.39 is 5.92 Å². The number of nitrogens with one attached hydrogen (secondary N) is 1. The summed E-state index contributed by atoms with van der Waals surface area (Å²) in [6, 6.07) is 14.2. The van der Waals surface area contributed by atoms with E-state index in [0.29, 0.717) is 28.7 Å². The molecule has 3 rings (SSSR count). The highest BCUT2D eigenvalue weighted by molar-refractivity contribution is 6.31. The Bertz CT molecular complexity index is 778. The number of halogens is 1. The number of carbonyl (C=O) groups excluding carboxylic acids is 2. The summed E-state index contributed by atoms with van der Waals surface area (Å²) >= 11 is 5.98. The molecule has 0 spiro atoms. The zero-order valence-corrected chi connectivity index (χ0v) is 13.9. The quantitative estimate of drug-likeness (QED) is 0.925. The van der Waals surface area contributed by atoms with Crippen molar-refractivity contribution in [2.24, 2.45) is 5.92 Å². The first-order chi connectivity index (χ1) is 11.6. The summed E-state index contributed by atoms with van der Waals surface area (Å²) in [6.07, 6.45) is 0.174. The van der Waals surface area contributed by atoms with E-state index in [1.54, 1.807) is 42.3 Å². The Hall–Kier alpha value is -2.53. The Kier molecular flexibility index (Phi) is 4.71. The molecule has 1 aliphatic rings. The van der Waals surface area contributed by atoms with Gasteiger partial charge in [-0.2, -0.15) is 0 Å². The molecule has 1 aliphatic heterocycles. The van der Waals surface area contributed by atoms with Crippen LogP contribution in [0.4, 0.5) is 11.4 Å². The number of ether oxygens (including phenoxy) is 1. The van der Waals surface area contributed by atoms with Gasteiger partial charge in [0.2, 0.25) is 11.8 Å². The molecule has 2 aromatic rings. The predicted octanol–water partition coefficient (Wildman–Crippen LogP) is 3.34. The predicted molar refractivity (Wildman–Crippen MR) is 93.5 cm³/mol. The summed E-state index contributed by atoms with van der Waals surface area (Å²) in [6.45, 7) is 0.333. The highest BCUT2D eigenvalue weighted by Crippen LogP contribution is 2.29. The fourth-order valence-electron chi connectivity index (χ4n) is 2.76. The molecule has 2 amide bonds. The zero-order valence-electron chi connectivity index (χ0n) is 13.2. The third-order valence-electron chi connectivity index (χ3n) is 3.98. The molecule has 0 aliphatic carbocycles. The lowest BCUT2D eigenvalue weighted by atomic mass is 10.1. The minimum atomic E-state index is -0.415. The van der Waals surface area contributed by atoms with Crippen molar-refractivity contribution >= 4 is 34.8 Å². The molecule has 1 N–H and O–H groups in total. The van der Waals surface area contributed by atoms with Gasteiger partial charge < -0.3 is 15.0 Å². The Morgan fingerprint density at radius 3 is 2.79 bits per heavy atom. The maximum atomic E-state index is 12.5. The van der Waals surface area contributed by atoms with Crippen molar-refractivity contribution in [2.45, 2.75) is 6.42 Å². The van der Waals surface area contributed by atoms with Gasteiger partial charge in [-0.3, -0.25) is 9.59 Å². The second kappa shape index (κ2) is 6.93. The number of amides is 2. The van der Waals surface area contributed by atoms with Crippen molar-refractivity contribution < 1.29 is 14.3 Å². The van der Waals surface area contributed by atoms with Crippen molar-refractivity contribution in [2.75, 3.05) is 23.9 Å². The number of nitrogens with zero attached hydrogens (tertiary/aromatic N) is 1. The monoisotopic (exact) mass is 344 g/mol. The first kappa shape index (κ1) is 16.3. The van der Waals surface area contributed by atoms with Gasteiger partial charge in [0.1, 0.15) is 5.75 Å². The van der Waals surface area contributed by atoms with Crippen LogP contribution in [0.5, 0.6) is 5.75 Å². The molecular weight excluding hydrogens is 328 g/mol. The van der Waals surface area contributed by atoms with Crippen LogP contribution in [0.2, 0.25) is 5.02 Å². The standard InChI is InChI=1S/C18H17ClN2O3/c1-24-16-8-3-2-7-15(16)20-18(23)12-9-17(22)21(11-12)14-6-4-5-13(19)10-14/h2-8,10,12H,9,11H2,1H3,(H,20,23)/t12-/m0/s1. The lowest BCUT2D eigenvalue weighted by Crippen LogP contribution is -2.28. The topological polar surface area (TPSA) is 58.6 Å². The minimum absolute atomic E-state index is 0.0857. The van der Waals surface area contributed by atoms with E-state index in [-0.39, 0.29) is 18.2 Å². The molecule has 1 saturated heterocycles. The molecular formula is C18H17ClN2O3. The molecule has 1 heterocycles. The molecule has 0 radical (unpaired) electrons. The summed E-state index contributed by atoms with van der Waals surface area (Å²) < 4.78 is 5.23. The number of para-hydroxylation sites is 2. The average molecular weight is 345 g/mol. The molecule has 124 valence electrons. The van der Waals surface area contributed by atoms with E-state index >= 15 is 0 Å². The van der Waals surface area contributed by atoms with Crippen LogP contribution in [0.1, 0.15) is 6.42 Å². The lowest BCUT2D eigenvalue weighted by molar-refractivity contribution is -0.122. The summed E-state index contributed by atoms with van der Waals surface area (Å²) in [7, 11) is 1.55. The maximum Gasteiger partial charge on any atom is 0.229 e. The summed E-state index contributed by atoms with van der Waals surface area (Å²) in [5, 5.41) is 3.40. The van der Waals surface area contributed by atoms with E-state index in [9.17, 15) is 9.59 Å². The Morgan fingerprint density at radius 1 is 1.25 bits per heavy atom. The number of methoxy groups -OCH3 is 1. The van der Waals surface area contributed by atoms with E-state index in [4.69, 9.17) is 16.3 Å². The fourth-order valence-corrected chi connectivity index (χ4v) is 2.94. The molecule has 0 aromatic heterocycles. The van der Waals surface area contributed by atoms with Gasteiger partial charge in [-0.25, -0.2) is 0 Å². The van der Waals surface area contributed by atoms with Gasteiger partial charge in [-0.15, -0.1) is 0 Å². The second-order valence-electron chi connectivity index (χ2n) is 5.57. The number of benzene rings is 2. The Labute approximate surface area is 145 Å². The molecule has 5 nitrogen and oxygen atoms in total. The van der Waals surface area contributed by atoms with Crippen molar-refractivity contribution in [3.63, 3.8) is 0 Å². The van der Waals surface area contributed by atoms with Gasteiger partial charge >= 0.3 is 0 Å². The Balaban J connectivity index is 1.72. The van der Waals surface area contributed by atoms with Crippen LogP contribution < -0.4 is 15.0 Å². The molecule has 0 saturated carbocycles. The first-order valence-corrected chi connectivity index (χ1v) is 7.96. The molecule has 0 bridgehead atoms. The first-order valence-electron chi connectivity index (χ1n) is 7.58. The van der Waals surface area contributed by atoms with Gasteiger partial charge in [0, 0.05) is 23.7 Å². The van der Waals surface area contributed by atoms with Crippen LogP contribution in [-0.2, 0) is 9.59 Å². The van der Waals surface area contributed by atoms with Crippen LogP contribution >= 0.6 is 11.6 Å². The molecule has 24 heavy (non-hydrogen) atoms. The van der Waals surface area contributed by atoms with Gasteiger partial charge in [-0.1, -0.05) is 29.8 Å². The third-order valence-corrected chi connectivity index (χ3v) is 4.22. The van der Waals surface area contributed by atoms with Crippen LogP contribution in [-0.4, -0.2) is 25.5 Å². The summed E-state index contributed by atoms with van der Waals surface area (Å²) in [5.74, 6) is -0.113. The number of anilines is 2. The van der Waals surface area contributed by atoms with Crippen molar-refractivity contribution in [3.05, 3.63) is 53.6 Å². The average Bonchev–Trinajstić information content (AvgIpc) is 2.97. The minimum Gasteiger partial charge on any atom is -0.495 e. The van der Waals surface area contributed by atoms with E-state index in [0.717, 1.165) is 0 Å². The zero-order chi connectivity index (χ0) is 17.1. The fraction of sp³-hybridized carbons (Fsp3) is 0.222. The molecule has 1 fully saturated rings. The SMILES string of the molecule is COc1ccccc1NC(=O)[C@H]1CC(=O)N(c2cccc(Cl)c2)C1. The number of carbonyl (C=O) groups is 2. The van der Waals surface area contributed by atoms with Gasteiger partial charge in [0.15, 0.2) is 0 Å². The Morgan fingerprint density at radius 2 is 2.04 bits per heavy atom. The van der Waals surface area contributed by atoms with Crippen LogP contribution in [0.3, 0.4) is 0 Å². The van der Waals surface area contributed by atoms with Gasteiger partial charge in [0.05, 0.1) is 18.7 Å². The summed E-state index contributed by atoms with van der Waals surface area (Å²) in [4.78, 5) is 26.4. The second-order valence-corrected chi connectivity index (χ2v) is 6.01. The third kappa shape index (κ3) is 3.36. The van der Waals surface area contributed by atoms with E-state index in [2.05, 4.69) is 5.32 Å². The van der Waals surface area contributed by atoms with E-state index in [1.807, 2.05) is 18.2 Å². The van der Waals surface area contributed by atoms with Crippen LogP contribution in [0.15, 0.2) is 48.5 Å². The number of hydrogen-bond donors (Lipinski definition) is 1. The molecule has 6 heteroatoms. The largest absolute Gasteiger partial charge is 0.495 e. The van der Waals surface area contributed by atoms with Crippen LogP contribution in [0, 0.1) is 5.92 Å². The smallest absolute Gasteiger partial charge is 0.229 e. The maximum absolute atomic E-state index is 12.5. The number of hydrogen-bond acceptors (Lipinski definition) is 3.